The molecule has 2 aromatic rings. The molecule has 0 amide bonds. The number of aryl methyl sites for hydroxylation is 1. The Morgan fingerprint density at radius 3 is 2.58 bits per heavy atom. The van der Waals surface area contributed by atoms with E-state index in [4.69, 9.17) is 5.11 Å². The zero-order valence-electron chi connectivity index (χ0n) is 9.52. The van der Waals surface area contributed by atoms with Crippen LogP contribution in [0.2, 0.25) is 0 Å². The summed E-state index contributed by atoms with van der Waals surface area (Å²) in [4.78, 5) is 17.3. The van der Waals surface area contributed by atoms with E-state index in [-0.39, 0.29) is 5.01 Å². The molecule has 2 heterocycles. The van der Waals surface area contributed by atoms with Crippen LogP contribution in [0.3, 0.4) is 0 Å². The Hall–Kier alpha value is -1.96. The van der Waals surface area contributed by atoms with Crippen molar-refractivity contribution in [1.29, 1.82) is 0 Å². The first-order chi connectivity index (χ1) is 8.80. The number of aromatic nitrogens is 2. The fraction of sp³-hybridized carbons (Fsp3) is 0.182. The smallest absolute Gasteiger partial charge is 0.435 e. The van der Waals surface area contributed by atoms with Crippen LogP contribution >= 0.6 is 11.3 Å². The fourth-order valence-electron chi connectivity index (χ4n) is 1.46. The van der Waals surface area contributed by atoms with Gasteiger partial charge in [0.1, 0.15) is 9.88 Å². The van der Waals surface area contributed by atoms with E-state index >= 15 is 0 Å². The molecule has 0 bridgehead atoms. The SMILES string of the molecule is Cc1ccncc1-c1nc(C(F)(F)F)c(C(=O)O)s1. The highest BCUT2D eigenvalue weighted by Gasteiger charge is 2.39. The fourth-order valence-corrected chi connectivity index (χ4v) is 2.46. The summed E-state index contributed by atoms with van der Waals surface area (Å²) in [5, 5.41) is 8.81. The van der Waals surface area contributed by atoms with Gasteiger partial charge in [0.25, 0.3) is 0 Å². The number of rotatable bonds is 2. The molecule has 2 rings (SSSR count). The van der Waals surface area contributed by atoms with Gasteiger partial charge in [-0.25, -0.2) is 9.78 Å². The van der Waals surface area contributed by atoms with Crippen LogP contribution < -0.4 is 0 Å². The molecular weight excluding hydrogens is 281 g/mol. The molecule has 0 saturated carbocycles. The third-order valence-electron chi connectivity index (χ3n) is 2.36. The second-order valence-corrected chi connectivity index (χ2v) is 4.69. The zero-order valence-corrected chi connectivity index (χ0v) is 10.3. The molecule has 0 aromatic carbocycles. The van der Waals surface area contributed by atoms with Gasteiger partial charge in [-0.1, -0.05) is 0 Å². The summed E-state index contributed by atoms with van der Waals surface area (Å²) in [6.07, 6.45) is -1.94. The van der Waals surface area contributed by atoms with E-state index in [9.17, 15) is 18.0 Å². The summed E-state index contributed by atoms with van der Waals surface area (Å²) < 4.78 is 38.1. The third-order valence-corrected chi connectivity index (χ3v) is 3.44. The number of carboxylic acids is 1. The predicted molar refractivity (Wildman–Crippen MR) is 62.0 cm³/mol. The Kier molecular flexibility index (Phi) is 3.27. The Balaban J connectivity index is 2.62. The van der Waals surface area contributed by atoms with Crippen molar-refractivity contribution in [1.82, 2.24) is 9.97 Å². The van der Waals surface area contributed by atoms with E-state index in [0.717, 1.165) is 0 Å². The number of carboxylic acid groups (broad SMARTS) is 1. The van der Waals surface area contributed by atoms with E-state index in [1.807, 2.05) is 0 Å². The Bertz CT molecular complexity index is 637. The summed E-state index contributed by atoms with van der Waals surface area (Å²) in [7, 11) is 0. The molecule has 0 radical (unpaired) electrons. The van der Waals surface area contributed by atoms with Crippen molar-refractivity contribution < 1.29 is 23.1 Å². The number of thiazole rings is 1. The van der Waals surface area contributed by atoms with Gasteiger partial charge in [0, 0.05) is 18.0 Å². The van der Waals surface area contributed by atoms with Crippen molar-refractivity contribution >= 4 is 17.3 Å². The minimum absolute atomic E-state index is 0.00433. The second kappa shape index (κ2) is 4.61. The van der Waals surface area contributed by atoms with Crippen LogP contribution in [-0.4, -0.2) is 21.0 Å². The first kappa shape index (κ1) is 13.5. The maximum atomic E-state index is 12.7. The molecule has 0 fully saturated rings. The van der Waals surface area contributed by atoms with Crippen LogP contribution in [0.15, 0.2) is 18.5 Å². The number of carbonyl (C=O) groups is 1. The second-order valence-electron chi connectivity index (χ2n) is 3.69. The first-order valence-electron chi connectivity index (χ1n) is 5.03. The maximum Gasteiger partial charge on any atom is 0.435 e. The topological polar surface area (TPSA) is 63.1 Å². The summed E-state index contributed by atoms with van der Waals surface area (Å²) in [5.74, 6) is -1.64. The molecule has 0 aliphatic rings. The van der Waals surface area contributed by atoms with E-state index in [2.05, 4.69) is 9.97 Å². The molecule has 8 heteroatoms. The zero-order chi connectivity index (χ0) is 14.2. The summed E-state index contributed by atoms with van der Waals surface area (Å²) in [5.41, 5.74) is -0.303. The van der Waals surface area contributed by atoms with Gasteiger partial charge in [-0.3, -0.25) is 4.98 Å². The van der Waals surface area contributed by atoms with Crippen LogP contribution in [0.4, 0.5) is 13.2 Å². The Labute approximate surface area is 109 Å². The van der Waals surface area contributed by atoms with Crippen LogP contribution in [-0.2, 0) is 6.18 Å². The van der Waals surface area contributed by atoms with Crippen LogP contribution in [0, 0.1) is 6.92 Å². The van der Waals surface area contributed by atoms with Crippen molar-refractivity contribution in [2.75, 3.05) is 0 Å². The molecule has 0 spiro atoms. The number of aromatic carboxylic acids is 1. The quantitative estimate of drug-likeness (QED) is 0.921. The van der Waals surface area contributed by atoms with Gasteiger partial charge in [0.05, 0.1) is 0 Å². The molecule has 0 atom stereocenters. The lowest BCUT2D eigenvalue weighted by atomic mass is 10.2. The Morgan fingerprint density at radius 2 is 2.11 bits per heavy atom. The first-order valence-corrected chi connectivity index (χ1v) is 5.84. The average molecular weight is 288 g/mol. The number of pyridine rings is 1. The van der Waals surface area contributed by atoms with E-state index in [1.165, 1.54) is 12.4 Å². The molecule has 0 aliphatic carbocycles. The van der Waals surface area contributed by atoms with Gasteiger partial charge in [-0.15, -0.1) is 11.3 Å². The largest absolute Gasteiger partial charge is 0.477 e. The number of hydrogen-bond acceptors (Lipinski definition) is 4. The van der Waals surface area contributed by atoms with Crippen molar-refractivity contribution in [2.45, 2.75) is 13.1 Å². The molecule has 1 N–H and O–H groups in total. The van der Waals surface area contributed by atoms with E-state index < -0.39 is 22.7 Å². The lowest BCUT2D eigenvalue weighted by Crippen LogP contribution is -2.11. The van der Waals surface area contributed by atoms with Crippen molar-refractivity contribution in [3.8, 4) is 10.6 Å². The maximum absolute atomic E-state index is 12.7. The third kappa shape index (κ3) is 2.58. The molecule has 0 saturated heterocycles. The Morgan fingerprint density at radius 1 is 1.42 bits per heavy atom. The van der Waals surface area contributed by atoms with E-state index in [0.29, 0.717) is 22.5 Å². The number of halogens is 3. The lowest BCUT2D eigenvalue weighted by molar-refractivity contribution is -0.141. The summed E-state index contributed by atoms with van der Waals surface area (Å²) in [6.45, 7) is 1.69. The molecule has 4 nitrogen and oxygen atoms in total. The highest BCUT2D eigenvalue weighted by atomic mass is 32.1. The highest BCUT2D eigenvalue weighted by molar-refractivity contribution is 7.17. The standard InChI is InChI=1S/C11H7F3N2O2S/c1-5-2-3-15-4-6(5)9-16-8(11(12,13)14)7(19-9)10(17)18/h2-4H,1H3,(H,17,18). The van der Waals surface area contributed by atoms with Crippen LogP contribution in [0.5, 0.6) is 0 Å². The van der Waals surface area contributed by atoms with Crippen molar-refractivity contribution in [3.05, 3.63) is 34.6 Å². The van der Waals surface area contributed by atoms with E-state index in [1.54, 1.807) is 13.0 Å². The molecular formula is C11H7F3N2O2S. The summed E-state index contributed by atoms with van der Waals surface area (Å²) in [6, 6.07) is 1.62. The highest BCUT2D eigenvalue weighted by Crippen LogP contribution is 2.38. The molecule has 100 valence electrons. The molecule has 0 aliphatic heterocycles. The minimum atomic E-state index is -4.79. The number of alkyl halides is 3. The summed E-state index contributed by atoms with van der Waals surface area (Å²) >= 11 is 0.491. The normalized spacial score (nSPS) is 11.6. The van der Waals surface area contributed by atoms with Crippen LogP contribution in [0.1, 0.15) is 20.9 Å². The van der Waals surface area contributed by atoms with Gasteiger partial charge in [0.15, 0.2) is 5.69 Å². The number of hydrogen-bond donors (Lipinski definition) is 1. The molecule has 0 unspecified atom stereocenters. The van der Waals surface area contributed by atoms with Crippen molar-refractivity contribution in [2.24, 2.45) is 0 Å². The van der Waals surface area contributed by atoms with Gasteiger partial charge in [0.2, 0.25) is 0 Å². The average Bonchev–Trinajstić information content (AvgIpc) is 2.74. The van der Waals surface area contributed by atoms with Crippen LogP contribution in [0.25, 0.3) is 10.6 Å². The van der Waals surface area contributed by atoms with Gasteiger partial charge in [-0.2, -0.15) is 13.2 Å². The minimum Gasteiger partial charge on any atom is -0.477 e. The van der Waals surface area contributed by atoms with Gasteiger partial charge < -0.3 is 5.11 Å². The van der Waals surface area contributed by atoms with Gasteiger partial charge in [-0.05, 0) is 18.6 Å². The monoisotopic (exact) mass is 288 g/mol. The van der Waals surface area contributed by atoms with Crippen molar-refractivity contribution in [3.63, 3.8) is 0 Å². The van der Waals surface area contributed by atoms with Gasteiger partial charge >= 0.3 is 12.1 Å². The predicted octanol–water partition coefficient (Wildman–Crippen LogP) is 3.23. The molecule has 2 aromatic heterocycles. The lowest BCUT2D eigenvalue weighted by Gasteiger charge is -2.02. The molecule has 19 heavy (non-hydrogen) atoms. The number of nitrogens with zero attached hydrogens (tertiary/aromatic N) is 2.